The second kappa shape index (κ2) is 5.14. The third-order valence-electron chi connectivity index (χ3n) is 2.11. The first-order valence-electron chi connectivity index (χ1n) is 4.94. The van der Waals surface area contributed by atoms with Crippen molar-refractivity contribution < 1.29 is 13.9 Å². The Morgan fingerprint density at radius 1 is 1.33 bits per heavy atom. The number of nitrogens with two attached hydrogens (primary N) is 1. The molecule has 0 saturated heterocycles. The Hall–Kier alpha value is -1.95. The second-order valence-corrected chi connectivity index (χ2v) is 4.36. The maximum atomic E-state index is 13.0. The molecule has 2 rings (SSSR count). The van der Waals surface area contributed by atoms with Crippen LogP contribution < -0.4 is 10.5 Å². The topological polar surface area (TPSA) is 65.2 Å². The molecule has 1 amide bonds. The zero-order valence-electron chi connectivity index (χ0n) is 9.06. The number of carbonyl (C=O) groups is 1. The van der Waals surface area contributed by atoms with E-state index in [0.717, 1.165) is 10.5 Å². The molecule has 1 heterocycles. The number of ether oxygens (including phenoxy) is 1. The number of benzene rings is 1. The Balaban J connectivity index is 2.37. The van der Waals surface area contributed by atoms with Gasteiger partial charge in [-0.1, -0.05) is 0 Å². The standard InChI is InChI=1S/C12H8BrFN2O2/c13-7-3-9(6-16-5-7)18-11-2-1-8(14)4-10(11)12(15)17/h1-6H,(H2,15,17). The van der Waals surface area contributed by atoms with Gasteiger partial charge in [0.05, 0.1) is 11.8 Å². The summed E-state index contributed by atoms with van der Waals surface area (Å²) in [6.07, 6.45) is 3.06. The number of rotatable bonds is 3. The fraction of sp³-hybridized carbons (Fsp3) is 0. The highest BCUT2D eigenvalue weighted by atomic mass is 79.9. The fourth-order valence-electron chi connectivity index (χ4n) is 1.36. The van der Waals surface area contributed by atoms with Crippen molar-refractivity contribution in [3.63, 3.8) is 0 Å². The Bertz CT molecular complexity index is 604. The molecule has 0 fully saturated rings. The van der Waals surface area contributed by atoms with E-state index in [0.29, 0.717) is 5.75 Å². The summed E-state index contributed by atoms with van der Waals surface area (Å²) in [5, 5.41) is 0. The van der Waals surface area contributed by atoms with E-state index < -0.39 is 11.7 Å². The maximum Gasteiger partial charge on any atom is 0.252 e. The number of hydrogen-bond donors (Lipinski definition) is 1. The van der Waals surface area contributed by atoms with Crippen molar-refractivity contribution in [2.24, 2.45) is 5.73 Å². The van der Waals surface area contributed by atoms with E-state index in [1.807, 2.05) is 0 Å². The molecule has 0 atom stereocenters. The number of amides is 1. The summed E-state index contributed by atoms with van der Waals surface area (Å²) < 4.78 is 19.2. The van der Waals surface area contributed by atoms with Crippen LogP contribution in [0, 0.1) is 5.82 Å². The summed E-state index contributed by atoms with van der Waals surface area (Å²) in [5.41, 5.74) is 5.14. The van der Waals surface area contributed by atoms with E-state index in [2.05, 4.69) is 20.9 Å². The lowest BCUT2D eigenvalue weighted by molar-refractivity contribution is 0.0997. The predicted octanol–water partition coefficient (Wildman–Crippen LogP) is 2.87. The third kappa shape index (κ3) is 2.84. The molecule has 1 aromatic heterocycles. The quantitative estimate of drug-likeness (QED) is 0.948. The van der Waals surface area contributed by atoms with Crippen LogP contribution in [0.2, 0.25) is 0 Å². The fourth-order valence-corrected chi connectivity index (χ4v) is 1.70. The second-order valence-electron chi connectivity index (χ2n) is 3.45. The van der Waals surface area contributed by atoms with Crippen LogP contribution >= 0.6 is 15.9 Å². The van der Waals surface area contributed by atoms with Gasteiger partial charge in [-0.3, -0.25) is 9.78 Å². The molecule has 0 aliphatic rings. The van der Waals surface area contributed by atoms with Crippen LogP contribution in [0.4, 0.5) is 4.39 Å². The molecule has 0 spiro atoms. The van der Waals surface area contributed by atoms with E-state index in [-0.39, 0.29) is 11.3 Å². The smallest absolute Gasteiger partial charge is 0.252 e. The molecular formula is C12H8BrFN2O2. The summed E-state index contributed by atoms with van der Waals surface area (Å²) in [6, 6.07) is 5.23. The Morgan fingerprint density at radius 2 is 2.11 bits per heavy atom. The Labute approximate surface area is 111 Å². The molecule has 0 bridgehead atoms. The molecule has 1 aromatic carbocycles. The molecule has 2 N–H and O–H groups in total. The molecule has 0 aliphatic carbocycles. The van der Waals surface area contributed by atoms with Crippen LogP contribution in [-0.4, -0.2) is 10.9 Å². The number of hydrogen-bond acceptors (Lipinski definition) is 3. The number of primary amides is 1. The first-order chi connectivity index (χ1) is 8.56. The molecule has 0 radical (unpaired) electrons. The molecule has 18 heavy (non-hydrogen) atoms. The van der Waals surface area contributed by atoms with Crippen LogP contribution in [0.25, 0.3) is 0 Å². The molecular weight excluding hydrogens is 303 g/mol. The lowest BCUT2D eigenvalue weighted by Gasteiger charge is -2.09. The van der Waals surface area contributed by atoms with Crippen LogP contribution in [0.5, 0.6) is 11.5 Å². The van der Waals surface area contributed by atoms with Gasteiger partial charge in [0.2, 0.25) is 0 Å². The molecule has 0 aliphatic heterocycles. The van der Waals surface area contributed by atoms with Crippen molar-refractivity contribution in [3.8, 4) is 11.5 Å². The lowest BCUT2D eigenvalue weighted by atomic mass is 10.2. The van der Waals surface area contributed by atoms with E-state index in [4.69, 9.17) is 10.5 Å². The Kier molecular flexibility index (Phi) is 3.57. The molecule has 92 valence electrons. The average molecular weight is 311 g/mol. The predicted molar refractivity (Wildman–Crippen MR) is 66.9 cm³/mol. The van der Waals surface area contributed by atoms with Gasteiger partial charge in [-0.05, 0) is 40.2 Å². The van der Waals surface area contributed by atoms with Crippen LogP contribution in [0.1, 0.15) is 10.4 Å². The van der Waals surface area contributed by atoms with Crippen LogP contribution in [0.15, 0.2) is 41.1 Å². The van der Waals surface area contributed by atoms with Crippen molar-refractivity contribution >= 4 is 21.8 Å². The summed E-state index contributed by atoms with van der Waals surface area (Å²) in [5.74, 6) is -0.710. The highest BCUT2D eigenvalue weighted by Crippen LogP contribution is 2.26. The maximum absolute atomic E-state index is 13.0. The number of halogens is 2. The minimum absolute atomic E-state index is 0.0185. The van der Waals surface area contributed by atoms with E-state index >= 15 is 0 Å². The van der Waals surface area contributed by atoms with E-state index in [1.54, 1.807) is 12.3 Å². The number of pyridine rings is 1. The first-order valence-corrected chi connectivity index (χ1v) is 5.73. The van der Waals surface area contributed by atoms with Gasteiger partial charge in [-0.25, -0.2) is 4.39 Å². The summed E-state index contributed by atoms with van der Waals surface area (Å²) in [4.78, 5) is 15.1. The highest BCUT2D eigenvalue weighted by molar-refractivity contribution is 9.10. The van der Waals surface area contributed by atoms with Crippen molar-refractivity contribution in [1.29, 1.82) is 0 Å². The molecule has 4 nitrogen and oxygen atoms in total. The molecule has 0 saturated carbocycles. The largest absolute Gasteiger partial charge is 0.455 e. The average Bonchev–Trinajstić information content (AvgIpc) is 2.31. The minimum atomic E-state index is -0.757. The van der Waals surface area contributed by atoms with Gasteiger partial charge in [0.15, 0.2) is 0 Å². The highest BCUT2D eigenvalue weighted by Gasteiger charge is 2.11. The van der Waals surface area contributed by atoms with Gasteiger partial charge < -0.3 is 10.5 Å². The van der Waals surface area contributed by atoms with Crippen molar-refractivity contribution in [1.82, 2.24) is 4.98 Å². The van der Waals surface area contributed by atoms with Crippen molar-refractivity contribution in [2.45, 2.75) is 0 Å². The van der Waals surface area contributed by atoms with E-state index in [1.165, 1.54) is 18.3 Å². The number of carbonyl (C=O) groups excluding carboxylic acids is 1. The van der Waals surface area contributed by atoms with Gasteiger partial charge in [0, 0.05) is 10.7 Å². The van der Waals surface area contributed by atoms with Gasteiger partial charge >= 0.3 is 0 Å². The summed E-state index contributed by atoms with van der Waals surface area (Å²) in [6.45, 7) is 0. The van der Waals surface area contributed by atoms with Crippen LogP contribution in [-0.2, 0) is 0 Å². The SMILES string of the molecule is NC(=O)c1cc(F)ccc1Oc1cncc(Br)c1. The van der Waals surface area contributed by atoms with Gasteiger partial charge in [0.1, 0.15) is 17.3 Å². The van der Waals surface area contributed by atoms with E-state index in [9.17, 15) is 9.18 Å². The Morgan fingerprint density at radius 3 is 2.78 bits per heavy atom. The van der Waals surface area contributed by atoms with Crippen LogP contribution in [0.3, 0.4) is 0 Å². The van der Waals surface area contributed by atoms with Gasteiger partial charge in [-0.2, -0.15) is 0 Å². The van der Waals surface area contributed by atoms with Gasteiger partial charge in [-0.15, -0.1) is 0 Å². The summed E-state index contributed by atoms with van der Waals surface area (Å²) in [7, 11) is 0. The van der Waals surface area contributed by atoms with Gasteiger partial charge in [0.25, 0.3) is 5.91 Å². The summed E-state index contributed by atoms with van der Waals surface area (Å²) >= 11 is 3.24. The zero-order chi connectivity index (χ0) is 13.1. The normalized spacial score (nSPS) is 10.1. The molecule has 2 aromatic rings. The van der Waals surface area contributed by atoms with Crippen molar-refractivity contribution in [3.05, 3.63) is 52.5 Å². The first kappa shape index (κ1) is 12.5. The lowest BCUT2D eigenvalue weighted by Crippen LogP contribution is -2.12. The third-order valence-corrected chi connectivity index (χ3v) is 2.55. The number of aromatic nitrogens is 1. The zero-order valence-corrected chi connectivity index (χ0v) is 10.6. The monoisotopic (exact) mass is 310 g/mol. The minimum Gasteiger partial charge on any atom is -0.455 e. The molecule has 0 unspecified atom stereocenters. The molecule has 6 heteroatoms. The van der Waals surface area contributed by atoms with Crippen molar-refractivity contribution in [2.75, 3.05) is 0 Å². The number of nitrogens with zero attached hydrogens (tertiary/aromatic N) is 1.